The first-order valence-electron chi connectivity index (χ1n) is 17.7. The molecule has 0 saturated heterocycles. The molecule has 0 fully saturated rings. The van der Waals surface area contributed by atoms with Gasteiger partial charge < -0.3 is 21.2 Å². The van der Waals surface area contributed by atoms with Crippen molar-refractivity contribution >= 4 is 34.4 Å². The smallest absolute Gasteiger partial charge is 0.135 e. The van der Waals surface area contributed by atoms with Gasteiger partial charge in [-0.25, -0.2) is 0 Å². The first-order chi connectivity index (χ1) is 25.9. The number of hydrogen-bond acceptors (Lipinski definition) is 4. The molecule has 4 nitrogen and oxygen atoms in total. The van der Waals surface area contributed by atoms with Gasteiger partial charge in [-0.3, -0.25) is 0 Å². The predicted molar refractivity (Wildman–Crippen MR) is 234 cm³/mol. The van der Waals surface area contributed by atoms with Crippen molar-refractivity contribution in [1.29, 1.82) is 0 Å². The van der Waals surface area contributed by atoms with Crippen LogP contribution in [-0.4, -0.2) is 6.54 Å². The second-order valence-corrected chi connectivity index (χ2v) is 11.7. The van der Waals surface area contributed by atoms with Gasteiger partial charge in [-0.1, -0.05) is 172 Å². The van der Waals surface area contributed by atoms with Gasteiger partial charge in [-0.15, -0.1) is 0 Å². The average molecular weight is 700 g/mol. The van der Waals surface area contributed by atoms with E-state index in [1.165, 1.54) is 5.56 Å². The zero-order valence-corrected chi connectivity index (χ0v) is 31.3. The largest absolute Gasteiger partial charge is 0.456 e. The summed E-state index contributed by atoms with van der Waals surface area (Å²) in [4.78, 5) is 0. The Morgan fingerprint density at radius 2 is 1.49 bits per heavy atom. The van der Waals surface area contributed by atoms with Crippen molar-refractivity contribution in [2.24, 2.45) is 11.5 Å². The molecule has 0 atom stereocenters. The van der Waals surface area contributed by atoms with E-state index < -0.39 is 0 Å². The van der Waals surface area contributed by atoms with Crippen molar-refractivity contribution in [2.75, 3.05) is 11.9 Å². The number of nitrogens with two attached hydrogens (primary N) is 2. The van der Waals surface area contributed by atoms with Crippen molar-refractivity contribution in [3.63, 3.8) is 0 Å². The molecule has 0 bridgehead atoms. The average Bonchev–Trinajstić information content (AvgIpc) is 3.54. The summed E-state index contributed by atoms with van der Waals surface area (Å²) in [7, 11) is 0. The molecule has 0 saturated carbocycles. The molecule has 0 aliphatic carbocycles. The molecular weight excluding hydrogens is 647 g/mol. The number of nitrogens with one attached hydrogen (secondary N) is 1. The Kier molecular flexibility index (Phi) is 18.0. The fourth-order valence-electron chi connectivity index (χ4n) is 5.24. The van der Waals surface area contributed by atoms with E-state index in [1.54, 1.807) is 12.2 Å². The maximum atomic E-state index is 6.46. The first kappa shape index (κ1) is 41.1. The minimum absolute atomic E-state index is 0.544. The molecule has 5 N–H and O–H groups in total. The normalized spacial score (nSPS) is 13.1. The highest BCUT2D eigenvalue weighted by Crippen LogP contribution is 2.29. The maximum Gasteiger partial charge on any atom is 0.135 e. The van der Waals surface area contributed by atoms with Crippen molar-refractivity contribution < 1.29 is 4.42 Å². The second kappa shape index (κ2) is 23.2. The van der Waals surface area contributed by atoms with Crippen LogP contribution in [0.1, 0.15) is 43.2 Å². The summed E-state index contributed by atoms with van der Waals surface area (Å²) in [5.74, 6) is 0.829. The summed E-state index contributed by atoms with van der Waals surface area (Å²) < 4.78 is 5.88. The van der Waals surface area contributed by atoms with Crippen LogP contribution in [0, 0.1) is 0 Å². The van der Waals surface area contributed by atoms with E-state index in [9.17, 15) is 0 Å². The van der Waals surface area contributed by atoms with Gasteiger partial charge in [-0.2, -0.15) is 0 Å². The molecule has 0 aliphatic heterocycles. The molecule has 1 heterocycles. The number of furan rings is 1. The Morgan fingerprint density at radius 1 is 0.774 bits per heavy atom. The van der Waals surface area contributed by atoms with E-state index >= 15 is 0 Å². The molecule has 0 amide bonds. The molecule has 4 heteroatoms. The van der Waals surface area contributed by atoms with Gasteiger partial charge >= 0.3 is 0 Å². The van der Waals surface area contributed by atoms with Crippen LogP contribution in [0.2, 0.25) is 0 Å². The van der Waals surface area contributed by atoms with E-state index in [0.29, 0.717) is 12.2 Å². The summed E-state index contributed by atoms with van der Waals surface area (Å²) in [6, 6.07) is 26.4. The number of hydrogen-bond donors (Lipinski definition) is 3. The molecule has 4 rings (SSSR count). The van der Waals surface area contributed by atoms with Gasteiger partial charge in [-0.05, 0) is 68.2 Å². The lowest BCUT2D eigenvalue weighted by Crippen LogP contribution is -2.09. The SMILES string of the molecule is C=C/C=C\c1oc2ccccc2c1/C=C/C=C/C(=C\C)CN.C=CC(/C(N)=C/Cc1ccccc1)=C(\C=C/C)Nc1ccccc1C(=C)/C=C\C=C/C. The third-order valence-electron chi connectivity index (χ3n) is 8.02. The molecule has 4 aromatic rings. The fraction of sp³-hybridized carbons (Fsp3) is 0.102. The zero-order chi connectivity index (χ0) is 38.3. The number of fused-ring (bicyclic) bond motifs is 1. The van der Waals surface area contributed by atoms with Crippen LogP contribution in [0.15, 0.2) is 211 Å². The van der Waals surface area contributed by atoms with Crippen molar-refractivity contribution in [3.8, 4) is 0 Å². The van der Waals surface area contributed by atoms with Gasteiger partial charge in [0, 0.05) is 45.7 Å². The number of allylic oxidation sites excluding steroid dienone is 14. The number of anilines is 1. The van der Waals surface area contributed by atoms with E-state index in [1.807, 2.05) is 154 Å². The Morgan fingerprint density at radius 3 is 2.19 bits per heavy atom. The minimum atomic E-state index is 0.544. The van der Waals surface area contributed by atoms with Crippen LogP contribution >= 0.6 is 0 Å². The molecule has 3 aromatic carbocycles. The minimum Gasteiger partial charge on any atom is -0.456 e. The highest BCUT2D eigenvalue weighted by Gasteiger charge is 2.10. The lowest BCUT2D eigenvalue weighted by molar-refractivity contribution is 0.603. The van der Waals surface area contributed by atoms with Gasteiger partial charge in [0.15, 0.2) is 0 Å². The van der Waals surface area contributed by atoms with Crippen molar-refractivity contribution in [3.05, 3.63) is 229 Å². The zero-order valence-electron chi connectivity index (χ0n) is 31.3. The molecular formula is C49H53N3O. The molecule has 0 radical (unpaired) electrons. The first-order valence-corrected chi connectivity index (χ1v) is 17.7. The van der Waals surface area contributed by atoms with Gasteiger partial charge in [0.2, 0.25) is 0 Å². The Labute approximate surface area is 317 Å². The van der Waals surface area contributed by atoms with Crippen LogP contribution in [0.5, 0.6) is 0 Å². The Bertz CT molecular complexity index is 2090. The highest BCUT2D eigenvalue weighted by atomic mass is 16.3. The van der Waals surface area contributed by atoms with Gasteiger partial charge in [0.1, 0.15) is 11.3 Å². The Hall–Kier alpha value is -6.36. The standard InChI is InChI=1S/C29H32N2.C20H21NO/c1-5-8-10-16-23(4)26-19-13-14-20-29(26)31-28(15-6-2)25(7-3)27(30)22-21-24-17-11-9-12-18-24;1-3-5-13-19-17(11-7-6-10-16(4-2)15-21)18-12-8-9-14-20(18)22-19/h5-20,22,31H,3-4,21,30H2,1-2H3;3-14H,1,15,21H2,2H3/b8-5-,15-6-,16-10-,27-22-,28-25-;10-6+,11-7+,13-5-,16-4+. The highest BCUT2D eigenvalue weighted by molar-refractivity contribution is 5.91. The third kappa shape index (κ3) is 13.0. The summed E-state index contributed by atoms with van der Waals surface area (Å²) in [6.45, 7) is 18.4. The second-order valence-electron chi connectivity index (χ2n) is 11.7. The lowest BCUT2D eigenvalue weighted by atomic mass is 10.0. The summed E-state index contributed by atoms with van der Waals surface area (Å²) >= 11 is 0. The monoisotopic (exact) mass is 699 g/mol. The van der Waals surface area contributed by atoms with Crippen LogP contribution in [0.3, 0.4) is 0 Å². The van der Waals surface area contributed by atoms with Crippen LogP contribution < -0.4 is 16.8 Å². The maximum absolute atomic E-state index is 6.46. The summed E-state index contributed by atoms with van der Waals surface area (Å²) in [6.07, 6.45) is 32.1. The van der Waals surface area contributed by atoms with Crippen LogP contribution in [0.25, 0.3) is 28.7 Å². The molecule has 1 aromatic heterocycles. The molecule has 270 valence electrons. The van der Waals surface area contributed by atoms with Crippen molar-refractivity contribution in [1.82, 2.24) is 0 Å². The quantitative estimate of drug-likeness (QED) is 0.102. The van der Waals surface area contributed by atoms with Crippen LogP contribution in [0.4, 0.5) is 5.69 Å². The molecule has 53 heavy (non-hydrogen) atoms. The van der Waals surface area contributed by atoms with Gasteiger partial charge in [0.25, 0.3) is 0 Å². The summed E-state index contributed by atoms with van der Waals surface area (Å²) in [5, 5.41) is 4.64. The van der Waals surface area contributed by atoms with E-state index in [2.05, 4.69) is 55.4 Å². The Balaban J connectivity index is 0.000000302. The lowest BCUT2D eigenvalue weighted by Gasteiger charge is -2.16. The van der Waals surface area contributed by atoms with Crippen molar-refractivity contribution in [2.45, 2.75) is 27.2 Å². The van der Waals surface area contributed by atoms with E-state index in [4.69, 9.17) is 15.9 Å². The molecule has 0 aliphatic rings. The third-order valence-corrected chi connectivity index (χ3v) is 8.02. The van der Waals surface area contributed by atoms with Crippen LogP contribution in [-0.2, 0) is 6.42 Å². The summed E-state index contributed by atoms with van der Waals surface area (Å²) in [5.41, 5.74) is 21.7. The number of para-hydroxylation sites is 2. The fourth-order valence-corrected chi connectivity index (χ4v) is 5.24. The number of rotatable bonds is 16. The predicted octanol–water partition coefficient (Wildman–Crippen LogP) is 12.5. The molecule has 0 spiro atoms. The number of benzene rings is 3. The molecule has 0 unspecified atom stereocenters. The topological polar surface area (TPSA) is 77.2 Å². The van der Waals surface area contributed by atoms with E-state index in [-0.39, 0.29) is 0 Å². The van der Waals surface area contributed by atoms with E-state index in [0.717, 1.165) is 62.4 Å². The van der Waals surface area contributed by atoms with Gasteiger partial charge in [0.05, 0.1) is 0 Å².